The predicted molar refractivity (Wildman–Crippen MR) is 153 cm³/mol. The summed E-state index contributed by atoms with van der Waals surface area (Å²) in [6, 6.07) is 30.5. The molecule has 0 radical (unpaired) electrons. The van der Waals surface area contributed by atoms with Crippen LogP contribution in [0.4, 0.5) is 0 Å². The summed E-state index contributed by atoms with van der Waals surface area (Å²) in [6.45, 7) is 9.34. The molecule has 0 amide bonds. The van der Waals surface area contributed by atoms with E-state index in [1.165, 1.54) is 14.7 Å². The quantitative estimate of drug-likeness (QED) is 0.122. The molecule has 204 valence electrons. The van der Waals surface area contributed by atoms with Crippen molar-refractivity contribution in [3.63, 3.8) is 0 Å². The molecule has 0 saturated heterocycles. The number of benzene rings is 3. The molecule has 0 fully saturated rings. The monoisotopic (exact) mass is 546 g/mol. The molecule has 0 aliphatic carbocycles. The van der Waals surface area contributed by atoms with Crippen LogP contribution in [0.5, 0.6) is 17.2 Å². The van der Waals surface area contributed by atoms with Gasteiger partial charge in [-0.1, -0.05) is 6.07 Å². The van der Waals surface area contributed by atoms with Crippen LogP contribution in [0.2, 0.25) is 0 Å². The lowest BCUT2D eigenvalue weighted by Crippen LogP contribution is -2.16. The summed E-state index contributed by atoms with van der Waals surface area (Å²) in [6.07, 6.45) is 1.17. The Labute approximate surface area is 234 Å². The van der Waals surface area contributed by atoms with Gasteiger partial charge in [-0.15, -0.1) is 0 Å². The van der Waals surface area contributed by atoms with Crippen LogP contribution in [0.1, 0.15) is 33.4 Å². The zero-order chi connectivity index (χ0) is 27.5. The second-order valence-electron chi connectivity index (χ2n) is 8.61. The Morgan fingerprint density at radius 3 is 1.49 bits per heavy atom. The molecule has 0 aliphatic heterocycles. The molecule has 0 aliphatic rings. The van der Waals surface area contributed by atoms with Crippen LogP contribution in [0.15, 0.2) is 112 Å². The summed E-state index contributed by atoms with van der Waals surface area (Å²) in [5.41, 5.74) is 0.892. The van der Waals surface area contributed by atoms with Crippen molar-refractivity contribution in [1.82, 2.24) is 4.98 Å². The minimum atomic E-state index is -0.353. The van der Waals surface area contributed by atoms with Gasteiger partial charge in [-0.3, -0.25) is 4.98 Å². The highest BCUT2D eigenvalue weighted by molar-refractivity contribution is 7.97. The topological polar surface area (TPSA) is 59.0 Å². The first kappa shape index (κ1) is 28.5. The minimum Gasteiger partial charge on any atom is -0.487 e. The predicted octanol–water partition coefficient (Wildman–Crippen LogP) is 7.28. The second kappa shape index (κ2) is 14.6. The number of rotatable bonds is 14. The maximum Gasteiger partial charge on any atom is 0.196 e. The van der Waals surface area contributed by atoms with Crippen molar-refractivity contribution in [2.75, 3.05) is 13.2 Å². The molecular formula is C32H36NO5S+. The zero-order valence-electron chi connectivity index (χ0n) is 22.9. The van der Waals surface area contributed by atoms with Crippen LogP contribution >= 0.6 is 0 Å². The van der Waals surface area contributed by atoms with Gasteiger partial charge in [0, 0.05) is 19.4 Å². The van der Waals surface area contributed by atoms with Crippen molar-refractivity contribution >= 4 is 10.9 Å². The van der Waals surface area contributed by atoms with Crippen LogP contribution in [0, 0.1) is 0 Å². The third kappa shape index (κ3) is 8.48. The lowest BCUT2D eigenvalue weighted by molar-refractivity contribution is -0.0616. The summed E-state index contributed by atoms with van der Waals surface area (Å²) < 4.78 is 28.8. The van der Waals surface area contributed by atoms with E-state index in [1.807, 2.05) is 82.3 Å². The van der Waals surface area contributed by atoms with Gasteiger partial charge in [0.25, 0.3) is 0 Å². The minimum absolute atomic E-state index is 0.302. The molecule has 0 N–H and O–H groups in total. The summed E-state index contributed by atoms with van der Waals surface area (Å²) in [5, 5.41) is 0. The van der Waals surface area contributed by atoms with Gasteiger partial charge in [0.05, 0.1) is 16.6 Å². The van der Waals surface area contributed by atoms with Gasteiger partial charge in [0.15, 0.2) is 27.3 Å². The van der Waals surface area contributed by atoms with Crippen LogP contribution in [-0.4, -0.2) is 30.8 Å². The van der Waals surface area contributed by atoms with Crippen LogP contribution in [0.3, 0.4) is 0 Å². The number of aromatic nitrogens is 1. The molecule has 4 rings (SSSR count). The van der Waals surface area contributed by atoms with Crippen molar-refractivity contribution in [1.29, 1.82) is 0 Å². The van der Waals surface area contributed by atoms with Crippen molar-refractivity contribution < 1.29 is 23.7 Å². The highest BCUT2D eigenvalue weighted by Gasteiger charge is 2.29. The molecule has 2 unspecified atom stereocenters. The van der Waals surface area contributed by atoms with Gasteiger partial charge < -0.3 is 23.7 Å². The van der Waals surface area contributed by atoms with Crippen molar-refractivity contribution in [2.45, 2.75) is 61.6 Å². The largest absolute Gasteiger partial charge is 0.487 e. The third-order valence-electron chi connectivity index (χ3n) is 5.70. The number of hydrogen-bond acceptors (Lipinski definition) is 6. The Kier molecular flexibility index (Phi) is 10.7. The molecule has 1 heterocycles. The molecule has 2 atom stereocenters. The molecule has 3 aromatic carbocycles. The number of ether oxygens (including phenoxy) is 5. The van der Waals surface area contributed by atoms with Gasteiger partial charge >= 0.3 is 0 Å². The van der Waals surface area contributed by atoms with Crippen molar-refractivity contribution in [3.05, 3.63) is 103 Å². The Morgan fingerprint density at radius 1 is 0.615 bits per heavy atom. The summed E-state index contributed by atoms with van der Waals surface area (Å²) in [7, 11) is -0.353. The first-order valence-electron chi connectivity index (χ1n) is 13.2. The molecule has 1 aromatic heterocycles. The van der Waals surface area contributed by atoms with Gasteiger partial charge in [-0.2, -0.15) is 0 Å². The van der Waals surface area contributed by atoms with E-state index in [9.17, 15) is 0 Å². The van der Waals surface area contributed by atoms with Gasteiger partial charge in [-0.05, 0) is 113 Å². The molecule has 39 heavy (non-hydrogen) atoms. The summed E-state index contributed by atoms with van der Waals surface area (Å²) in [5.74, 6) is 2.35. The average molecular weight is 547 g/mol. The zero-order valence-corrected chi connectivity index (χ0v) is 23.7. The van der Waals surface area contributed by atoms with Gasteiger partial charge in [0.1, 0.15) is 23.9 Å². The number of nitrogens with zero attached hydrogens (tertiary/aromatic N) is 1. The van der Waals surface area contributed by atoms with Gasteiger partial charge in [-0.25, -0.2) is 0 Å². The maximum absolute atomic E-state index is 5.97. The van der Waals surface area contributed by atoms with Crippen LogP contribution < -0.4 is 14.2 Å². The van der Waals surface area contributed by atoms with Crippen LogP contribution in [-0.2, 0) is 27.0 Å². The highest BCUT2D eigenvalue weighted by Crippen LogP contribution is 2.34. The fourth-order valence-corrected chi connectivity index (χ4v) is 5.99. The van der Waals surface area contributed by atoms with E-state index in [2.05, 4.69) is 41.4 Å². The normalized spacial score (nSPS) is 13.3. The van der Waals surface area contributed by atoms with E-state index in [0.717, 1.165) is 22.9 Å². The number of hydrogen-bond donors (Lipinski definition) is 0. The average Bonchev–Trinajstić information content (AvgIpc) is 2.95. The molecule has 0 bridgehead atoms. The smallest absolute Gasteiger partial charge is 0.196 e. The first-order chi connectivity index (χ1) is 19.1. The van der Waals surface area contributed by atoms with E-state index < -0.39 is 0 Å². The van der Waals surface area contributed by atoms with E-state index in [1.54, 1.807) is 6.20 Å². The molecule has 0 saturated carbocycles. The molecule has 4 aromatic rings. The number of pyridine rings is 1. The fraction of sp³-hybridized carbons (Fsp3) is 0.281. The lowest BCUT2D eigenvalue weighted by Gasteiger charge is -2.15. The lowest BCUT2D eigenvalue weighted by atomic mass is 10.3. The van der Waals surface area contributed by atoms with E-state index >= 15 is 0 Å². The van der Waals surface area contributed by atoms with E-state index in [0.29, 0.717) is 19.8 Å². The Balaban J connectivity index is 1.56. The third-order valence-corrected chi connectivity index (χ3v) is 7.93. The second-order valence-corrected chi connectivity index (χ2v) is 10.6. The maximum atomic E-state index is 5.97. The Bertz CT molecular complexity index is 1190. The van der Waals surface area contributed by atoms with E-state index in [4.69, 9.17) is 23.7 Å². The molecule has 0 spiro atoms. The highest BCUT2D eigenvalue weighted by atomic mass is 32.2. The van der Waals surface area contributed by atoms with Crippen molar-refractivity contribution in [3.8, 4) is 17.2 Å². The Morgan fingerprint density at radius 2 is 1.08 bits per heavy atom. The molecule has 6 nitrogen and oxygen atoms in total. The SMILES string of the molecule is CCOC(C)Oc1ccc([S+](c2ccc(OCc3ccccn3)cc2)c2ccc(OC(C)OCC)cc2)cc1. The van der Waals surface area contributed by atoms with Crippen LogP contribution in [0.25, 0.3) is 0 Å². The first-order valence-corrected chi connectivity index (χ1v) is 14.4. The van der Waals surface area contributed by atoms with Gasteiger partial charge in [0.2, 0.25) is 0 Å². The van der Waals surface area contributed by atoms with Crippen molar-refractivity contribution in [2.24, 2.45) is 0 Å². The molecule has 7 heteroatoms. The summed E-state index contributed by atoms with van der Waals surface area (Å²) >= 11 is 0. The standard InChI is InChI=1S/C32H36NO5S/c1-5-34-24(3)37-28-12-18-31(19-13-28)39(32-20-14-29(15-21-32)38-25(4)35-6-2)30-16-10-27(11-17-30)36-23-26-9-7-8-22-33-26/h7-22,24-25H,5-6,23H2,1-4H3/q+1. The summed E-state index contributed by atoms with van der Waals surface area (Å²) in [4.78, 5) is 7.85. The Hall–Kier alpha value is -3.52. The molecular weight excluding hydrogens is 510 g/mol. The fourth-order valence-electron chi connectivity index (χ4n) is 3.95. The van der Waals surface area contributed by atoms with E-state index in [-0.39, 0.29) is 23.5 Å².